The van der Waals surface area contributed by atoms with Crippen LogP contribution in [0.4, 0.5) is 5.82 Å². The van der Waals surface area contributed by atoms with Gasteiger partial charge in [0.15, 0.2) is 0 Å². The van der Waals surface area contributed by atoms with Gasteiger partial charge in [0.1, 0.15) is 16.2 Å². The molecule has 2 heterocycles. The third-order valence-corrected chi connectivity index (χ3v) is 4.28. The Balaban J connectivity index is 2.16. The van der Waals surface area contributed by atoms with Crippen molar-refractivity contribution in [3.63, 3.8) is 0 Å². The minimum Gasteiger partial charge on any atom is -0.356 e. The van der Waals surface area contributed by atoms with E-state index in [4.69, 9.17) is 4.98 Å². The molecule has 0 aromatic carbocycles. The van der Waals surface area contributed by atoms with Crippen LogP contribution in [-0.2, 0) is 5.41 Å². The maximum atomic E-state index is 4.77. The maximum Gasteiger partial charge on any atom is 0.137 e. The second-order valence-corrected chi connectivity index (χ2v) is 7.62. The first-order valence-electron chi connectivity index (χ1n) is 7.24. The number of rotatable bonds is 2. The molecule has 0 spiro atoms. The zero-order valence-corrected chi connectivity index (χ0v) is 14.7. The zero-order chi connectivity index (χ0) is 14.9. The predicted octanol–water partition coefficient (Wildman–Crippen LogP) is 3.07. The summed E-state index contributed by atoms with van der Waals surface area (Å²) in [5.41, 5.74) is -0.0273. The van der Waals surface area contributed by atoms with Crippen LogP contribution in [0.25, 0.3) is 0 Å². The molecule has 0 saturated carbocycles. The Hall–Kier alpha value is -0.680. The largest absolute Gasteiger partial charge is 0.356 e. The lowest BCUT2D eigenvalue weighted by molar-refractivity contribution is 0.249. The minimum atomic E-state index is -0.0273. The summed E-state index contributed by atoms with van der Waals surface area (Å²) in [7, 11) is 4.33. The fraction of sp³-hybridized carbons (Fsp3) is 0.733. The van der Waals surface area contributed by atoms with E-state index in [-0.39, 0.29) is 5.41 Å². The molecule has 1 aliphatic heterocycles. The Kier molecular flexibility index (Phi) is 4.69. The molecule has 5 heteroatoms. The average molecular weight is 341 g/mol. The van der Waals surface area contributed by atoms with Gasteiger partial charge in [-0.25, -0.2) is 9.97 Å². The zero-order valence-electron chi connectivity index (χ0n) is 13.1. The van der Waals surface area contributed by atoms with Crippen molar-refractivity contribution in [1.82, 2.24) is 14.9 Å². The third kappa shape index (κ3) is 3.70. The fourth-order valence-electron chi connectivity index (χ4n) is 2.51. The maximum absolute atomic E-state index is 4.77. The van der Waals surface area contributed by atoms with Crippen molar-refractivity contribution in [1.29, 1.82) is 0 Å². The van der Waals surface area contributed by atoms with Gasteiger partial charge in [-0.15, -0.1) is 0 Å². The molecule has 20 heavy (non-hydrogen) atoms. The third-order valence-electron chi connectivity index (χ3n) is 3.87. The number of nitrogens with zero attached hydrogens (tertiary/aromatic N) is 4. The van der Waals surface area contributed by atoms with Gasteiger partial charge in [-0.05, 0) is 42.9 Å². The molecule has 0 unspecified atom stereocenters. The first-order valence-corrected chi connectivity index (χ1v) is 8.03. The Labute approximate surface area is 130 Å². The number of aromatic nitrogens is 2. The number of hydrogen-bond donors (Lipinski definition) is 0. The van der Waals surface area contributed by atoms with E-state index in [1.165, 1.54) is 12.8 Å². The number of anilines is 1. The summed E-state index contributed by atoms with van der Waals surface area (Å²) in [6.07, 6.45) is 2.39. The SMILES string of the molecule is CN(C)C1CCN(c2cc(Br)nc(C(C)(C)C)n2)CC1. The Bertz CT molecular complexity index is 459. The molecule has 0 amide bonds. The standard InChI is InChI=1S/C15H25BrN4/c1-15(2,3)14-17-12(16)10-13(18-14)20-8-6-11(7-9-20)19(4)5/h10-11H,6-9H2,1-5H3. The summed E-state index contributed by atoms with van der Waals surface area (Å²) in [6, 6.07) is 2.73. The Morgan fingerprint density at radius 1 is 1.20 bits per heavy atom. The first-order chi connectivity index (χ1) is 9.27. The van der Waals surface area contributed by atoms with Crippen LogP contribution in [0.2, 0.25) is 0 Å². The first kappa shape index (κ1) is 15.7. The fourth-order valence-corrected chi connectivity index (χ4v) is 2.89. The second-order valence-electron chi connectivity index (χ2n) is 6.80. The molecule has 1 saturated heterocycles. The summed E-state index contributed by atoms with van der Waals surface area (Å²) in [6.45, 7) is 8.58. The van der Waals surface area contributed by atoms with E-state index in [1.54, 1.807) is 0 Å². The molecule has 1 fully saturated rings. The van der Waals surface area contributed by atoms with Crippen molar-refractivity contribution in [3.05, 3.63) is 16.5 Å². The molecule has 1 aromatic heterocycles. The molecule has 4 nitrogen and oxygen atoms in total. The van der Waals surface area contributed by atoms with Crippen LogP contribution in [0, 0.1) is 0 Å². The number of halogens is 1. The van der Waals surface area contributed by atoms with E-state index in [9.17, 15) is 0 Å². The highest BCUT2D eigenvalue weighted by molar-refractivity contribution is 9.10. The lowest BCUT2D eigenvalue weighted by Gasteiger charge is -2.36. The van der Waals surface area contributed by atoms with Crippen LogP contribution in [0.1, 0.15) is 39.4 Å². The molecule has 0 aliphatic carbocycles. The number of hydrogen-bond acceptors (Lipinski definition) is 4. The smallest absolute Gasteiger partial charge is 0.137 e. The van der Waals surface area contributed by atoms with Crippen molar-refractivity contribution < 1.29 is 0 Å². The normalized spacial score (nSPS) is 17.9. The molecule has 0 bridgehead atoms. The van der Waals surface area contributed by atoms with Gasteiger partial charge in [-0.3, -0.25) is 0 Å². The molecule has 112 valence electrons. The van der Waals surface area contributed by atoms with Crippen LogP contribution >= 0.6 is 15.9 Å². The van der Waals surface area contributed by atoms with Gasteiger partial charge in [0.05, 0.1) is 0 Å². The highest BCUT2D eigenvalue weighted by Crippen LogP contribution is 2.26. The van der Waals surface area contributed by atoms with Gasteiger partial charge in [0, 0.05) is 30.6 Å². The van der Waals surface area contributed by atoms with Gasteiger partial charge in [0.2, 0.25) is 0 Å². The van der Waals surface area contributed by atoms with Gasteiger partial charge in [-0.1, -0.05) is 20.8 Å². The van der Waals surface area contributed by atoms with E-state index in [1.807, 2.05) is 6.07 Å². The van der Waals surface area contributed by atoms with Crippen LogP contribution in [0.5, 0.6) is 0 Å². The summed E-state index contributed by atoms with van der Waals surface area (Å²) in [5.74, 6) is 1.95. The molecule has 1 aliphatic rings. The van der Waals surface area contributed by atoms with Gasteiger partial charge in [-0.2, -0.15) is 0 Å². The van der Waals surface area contributed by atoms with Crippen molar-refractivity contribution in [2.45, 2.75) is 45.1 Å². The highest BCUT2D eigenvalue weighted by atomic mass is 79.9. The molecule has 0 radical (unpaired) electrons. The van der Waals surface area contributed by atoms with E-state index in [0.29, 0.717) is 6.04 Å². The quantitative estimate of drug-likeness (QED) is 0.774. The van der Waals surface area contributed by atoms with Gasteiger partial charge in [0.25, 0.3) is 0 Å². The van der Waals surface area contributed by atoms with Crippen LogP contribution in [-0.4, -0.2) is 48.1 Å². The van der Waals surface area contributed by atoms with Crippen LogP contribution < -0.4 is 4.90 Å². The van der Waals surface area contributed by atoms with Crippen molar-refractivity contribution in [2.75, 3.05) is 32.1 Å². The second kappa shape index (κ2) is 5.98. The highest BCUT2D eigenvalue weighted by Gasteiger charge is 2.24. The van der Waals surface area contributed by atoms with E-state index >= 15 is 0 Å². The lowest BCUT2D eigenvalue weighted by Crippen LogP contribution is -2.42. The van der Waals surface area contributed by atoms with Crippen molar-refractivity contribution >= 4 is 21.7 Å². The number of piperidine rings is 1. The van der Waals surface area contributed by atoms with E-state index < -0.39 is 0 Å². The van der Waals surface area contributed by atoms with Crippen molar-refractivity contribution in [3.8, 4) is 0 Å². The summed E-state index contributed by atoms with van der Waals surface area (Å²) in [4.78, 5) is 14.0. The molecule has 0 N–H and O–H groups in total. The topological polar surface area (TPSA) is 32.3 Å². The summed E-state index contributed by atoms with van der Waals surface area (Å²) >= 11 is 3.52. The molecular formula is C15H25BrN4. The Morgan fingerprint density at radius 2 is 1.80 bits per heavy atom. The average Bonchev–Trinajstić information content (AvgIpc) is 2.37. The monoisotopic (exact) mass is 340 g/mol. The molecule has 1 aromatic rings. The summed E-state index contributed by atoms with van der Waals surface area (Å²) in [5, 5.41) is 0. The van der Waals surface area contributed by atoms with Crippen molar-refractivity contribution in [2.24, 2.45) is 0 Å². The van der Waals surface area contributed by atoms with Crippen LogP contribution in [0.15, 0.2) is 10.7 Å². The molecule has 0 atom stereocenters. The lowest BCUT2D eigenvalue weighted by atomic mass is 9.96. The molecule has 2 rings (SSSR count). The Morgan fingerprint density at radius 3 is 2.30 bits per heavy atom. The van der Waals surface area contributed by atoms with E-state index in [2.05, 4.69) is 65.6 Å². The predicted molar refractivity (Wildman–Crippen MR) is 87.4 cm³/mol. The van der Waals surface area contributed by atoms with Gasteiger partial charge < -0.3 is 9.80 Å². The summed E-state index contributed by atoms with van der Waals surface area (Å²) < 4.78 is 0.877. The van der Waals surface area contributed by atoms with E-state index in [0.717, 1.165) is 29.3 Å². The van der Waals surface area contributed by atoms with Gasteiger partial charge >= 0.3 is 0 Å². The van der Waals surface area contributed by atoms with Crippen LogP contribution in [0.3, 0.4) is 0 Å². The minimum absolute atomic E-state index is 0.0273. The molecular weight excluding hydrogens is 316 g/mol.